The summed E-state index contributed by atoms with van der Waals surface area (Å²) in [4.78, 5) is 19.8. The van der Waals surface area contributed by atoms with Crippen LogP contribution in [-0.4, -0.2) is 15.8 Å². The highest BCUT2D eigenvalue weighted by molar-refractivity contribution is 5.78. The maximum atomic E-state index is 11.2. The van der Waals surface area contributed by atoms with Gasteiger partial charge in [-0.2, -0.15) is 0 Å². The number of hydrogen-bond acceptors (Lipinski definition) is 3. The normalized spacial score (nSPS) is 26.2. The highest BCUT2D eigenvalue weighted by Crippen LogP contribution is 2.34. The van der Waals surface area contributed by atoms with Crippen molar-refractivity contribution >= 4 is 5.78 Å². The van der Waals surface area contributed by atoms with Gasteiger partial charge in [0.15, 0.2) is 0 Å². The molecule has 0 spiro atoms. The van der Waals surface area contributed by atoms with Gasteiger partial charge in [0.1, 0.15) is 11.6 Å². The molecule has 0 atom stereocenters. The molecule has 1 heterocycles. The summed E-state index contributed by atoms with van der Waals surface area (Å²) in [6.45, 7) is 1.70. The summed E-state index contributed by atoms with van der Waals surface area (Å²) in [6.07, 6.45) is 7.68. The third kappa shape index (κ3) is 2.41. The molecule has 2 rings (SSSR count). The molecule has 1 aliphatic carbocycles. The van der Waals surface area contributed by atoms with Crippen LogP contribution in [0.25, 0.3) is 0 Å². The van der Waals surface area contributed by atoms with E-state index in [2.05, 4.69) is 9.97 Å². The Labute approximate surface area is 89.9 Å². The first kappa shape index (κ1) is 10.3. The number of carbonyl (C=O) groups is 1. The molecule has 1 aliphatic rings. The molecular weight excluding hydrogens is 188 g/mol. The van der Waals surface area contributed by atoms with Crippen LogP contribution in [0.1, 0.15) is 44.3 Å². The van der Waals surface area contributed by atoms with Crippen molar-refractivity contribution < 1.29 is 4.79 Å². The fourth-order valence-electron chi connectivity index (χ4n) is 2.28. The molecule has 3 nitrogen and oxygen atoms in total. The SMILES string of the molecule is CC(=O)C1CCC(c2ncccn2)CC1. The van der Waals surface area contributed by atoms with Crippen molar-refractivity contribution in [2.75, 3.05) is 0 Å². The minimum atomic E-state index is 0.282. The van der Waals surface area contributed by atoms with Crippen LogP contribution in [0.4, 0.5) is 0 Å². The van der Waals surface area contributed by atoms with Crippen LogP contribution in [0.2, 0.25) is 0 Å². The molecule has 1 aromatic rings. The molecular formula is C12H16N2O. The van der Waals surface area contributed by atoms with E-state index < -0.39 is 0 Å². The third-order valence-electron chi connectivity index (χ3n) is 3.25. The number of Topliss-reactive ketones (excluding diaryl/α,β-unsaturated/α-hetero) is 1. The van der Waals surface area contributed by atoms with Gasteiger partial charge in [0, 0.05) is 24.2 Å². The predicted octanol–water partition coefficient (Wildman–Crippen LogP) is 2.34. The van der Waals surface area contributed by atoms with Gasteiger partial charge in [0.05, 0.1) is 0 Å². The van der Waals surface area contributed by atoms with E-state index in [1.54, 1.807) is 19.3 Å². The van der Waals surface area contributed by atoms with E-state index in [4.69, 9.17) is 0 Å². The summed E-state index contributed by atoms with van der Waals surface area (Å²) in [7, 11) is 0. The van der Waals surface area contributed by atoms with E-state index in [9.17, 15) is 4.79 Å². The number of nitrogens with zero attached hydrogens (tertiary/aromatic N) is 2. The van der Waals surface area contributed by atoms with Crippen molar-refractivity contribution in [2.45, 2.75) is 38.5 Å². The molecule has 0 saturated heterocycles. The lowest BCUT2D eigenvalue weighted by atomic mass is 9.80. The molecule has 0 aromatic carbocycles. The monoisotopic (exact) mass is 204 g/mol. The second-order valence-corrected chi connectivity index (χ2v) is 4.27. The molecule has 15 heavy (non-hydrogen) atoms. The number of hydrogen-bond donors (Lipinski definition) is 0. The Hall–Kier alpha value is -1.25. The lowest BCUT2D eigenvalue weighted by molar-refractivity contribution is -0.121. The predicted molar refractivity (Wildman–Crippen MR) is 57.4 cm³/mol. The van der Waals surface area contributed by atoms with Gasteiger partial charge in [-0.25, -0.2) is 9.97 Å². The Morgan fingerprint density at radius 1 is 1.20 bits per heavy atom. The summed E-state index contributed by atoms with van der Waals surface area (Å²) in [5.74, 6) is 2.02. The van der Waals surface area contributed by atoms with Crippen LogP contribution in [-0.2, 0) is 4.79 Å². The molecule has 0 radical (unpaired) electrons. The molecule has 0 amide bonds. The Morgan fingerprint density at radius 3 is 2.33 bits per heavy atom. The summed E-state index contributed by atoms with van der Waals surface area (Å²) in [6, 6.07) is 1.84. The summed E-state index contributed by atoms with van der Waals surface area (Å²) < 4.78 is 0. The van der Waals surface area contributed by atoms with Crippen LogP contribution >= 0.6 is 0 Å². The average molecular weight is 204 g/mol. The quantitative estimate of drug-likeness (QED) is 0.742. The molecule has 0 N–H and O–H groups in total. The number of aromatic nitrogens is 2. The first-order valence-electron chi connectivity index (χ1n) is 5.54. The molecule has 0 bridgehead atoms. The smallest absolute Gasteiger partial charge is 0.132 e. The van der Waals surface area contributed by atoms with Gasteiger partial charge < -0.3 is 0 Å². The zero-order valence-electron chi connectivity index (χ0n) is 9.02. The van der Waals surface area contributed by atoms with E-state index in [0.29, 0.717) is 11.7 Å². The minimum absolute atomic E-state index is 0.282. The van der Waals surface area contributed by atoms with E-state index in [1.165, 1.54) is 0 Å². The van der Waals surface area contributed by atoms with E-state index in [1.807, 2.05) is 6.07 Å². The topological polar surface area (TPSA) is 42.9 Å². The van der Waals surface area contributed by atoms with Crippen LogP contribution in [0.15, 0.2) is 18.5 Å². The van der Waals surface area contributed by atoms with Crippen molar-refractivity contribution in [1.82, 2.24) is 9.97 Å². The minimum Gasteiger partial charge on any atom is -0.300 e. The Bertz CT molecular complexity index is 329. The van der Waals surface area contributed by atoms with Crippen molar-refractivity contribution in [3.63, 3.8) is 0 Å². The molecule has 0 aliphatic heterocycles. The second-order valence-electron chi connectivity index (χ2n) is 4.27. The standard InChI is InChI=1S/C12H16N2O/c1-9(15)10-3-5-11(6-4-10)12-13-7-2-8-14-12/h2,7-8,10-11H,3-6H2,1H3. The van der Waals surface area contributed by atoms with Crippen molar-refractivity contribution in [2.24, 2.45) is 5.92 Å². The largest absolute Gasteiger partial charge is 0.300 e. The van der Waals surface area contributed by atoms with Gasteiger partial charge in [-0.15, -0.1) is 0 Å². The highest BCUT2D eigenvalue weighted by Gasteiger charge is 2.25. The summed E-state index contributed by atoms with van der Waals surface area (Å²) >= 11 is 0. The molecule has 1 aromatic heterocycles. The maximum Gasteiger partial charge on any atom is 0.132 e. The fraction of sp³-hybridized carbons (Fsp3) is 0.583. The van der Waals surface area contributed by atoms with Gasteiger partial charge in [0.25, 0.3) is 0 Å². The zero-order valence-corrected chi connectivity index (χ0v) is 9.02. The van der Waals surface area contributed by atoms with Gasteiger partial charge >= 0.3 is 0 Å². The van der Waals surface area contributed by atoms with E-state index in [-0.39, 0.29) is 5.92 Å². The van der Waals surface area contributed by atoms with Crippen LogP contribution in [0.5, 0.6) is 0 Å². The van der Waals surface area contributed by atoms with Crippen molar-refractivity contribution in [1.29, 1.82) is 0 Å². The number of carbonyl (C=O) groups excluding carboxylic acids is 1. The van der Waals surface area contributed by atoms with Gasteiger partial charge in [0.2, 0.25) is 0 Å². The molecule has 1 fully saturated rings. The van der Waals surface area contributed by atoms with Gasteiger partial charge in [-0.3, -0.25) is 4.79 Å². The third-order valence-corrected chi connectivity index (χ3v) is 3.25. The lowest BCUT2D eigenvalue weighted by Crippen LogP contribution is -2.19. The van der Waals surface area contributed by atoms with Crippen LogP contribution < -0.4 is 0 Å². The van der Waals surface area contributed by atoms with E-state index in [0.717, 1.165) is 31.5 Å². The number of ketones is 1. The van der Waals surface area contributed by atoms with Gasteiger partial charge in [-0.05, 0) is 38.7 Å². The number of rotatable bonds is 2. The maximum absolute atomic E-state index is 11.2. The second kappa shape index (κ2) is 4.51. The zero-order chi connectivity index (χ0) is 10.7. The van der Waals surface area contributed by atoms with Crippen LogP contribution in [0.3, 0.4) is 0 Å². The summed E-state index contributed by atoms with van der Waals surface area (Å²) in [5.41, 5.74) is 0. The lowest BCUT2D eigenvalue weighted by Gasteiger charge is -2.25. The summed E-state index contributed by atoms with van der Waals surface area (Å²) in [5, 5.41) is 0. The highest BCUT2D eigenvalue weighted by atomic mass is 16.1. The molecule has 80 valence electrons. The first-order valence-corrected chi connectivity index (χ1v) is 5.54. The van der Waals surface area contributed by atoms with Crippen molar-refractivity contribution in [3.05, 3.63) is 24.3 Å². The Morgan fingerprint density at radius 2 is 1.80 bits per heavy atom. The fourth-order valence-corrected chi connectivity index (χ4v) is 2.28. The molecule has 3 heteroatoms. The van der Waals surface area contributed by atoms with Gasteiger partial charge in [-0.1, -0.05) is 0 Å². The van der Waals surface area contributed by atoms with E-state index >= 15 is 0 Å². The molecule has 0 unspecified atom stereocenters. The Kier molecular flexibility index (Phi) is 3.09. The van der Waals surface area contributed by atoms with Crippen molar-refractivity contribution in [3.8, 4) is 0 Å². The average Bonchev–Trinajstić information content (AvgIpc) is 2.30. The van der Waals surface area contributed by atoms with Crippen LogP contribution in [0, 0.1) is 5.92 Å². The first-order chi connectivity index (χ1) is 7.27. The molecule has 1 saturated carbocycles. The Balaban J connectivity index is 1.97.